The number of rotatable bonds is 4. The van der Waals surface area contributed by atoms with Crippen LogP contribution in [0.2, 0.25) is 0 Å². The van der Waals surface area contributed by atoms with Crippen molar-refractivity contribution in [2.45, 2.75) is 0 Å². The summed E-state index contributed by atoms with van der Waals surface area (Å²) in [7, 11) is 0. The van der Waals surface area contributed by atoms with E-state index in [1.807, 2.05) is 6.07 Å². The molecule has 0 aliphatic rings. The maximum atomic E-state index is 10.9. The smallest absolute Gasteiger partial charge is 0.252 e. The molecule has 2 aromatic rings. The van der Waals surface area contributed by atoms with E-state index in [0.717, 1.165) is 0 Å². The summed E-state index contributed by atoms with van der Waals surface area (Å²) in [5.41, 5.74) is 1.32. The van der Waals surface area contributed by atoms with Crippen LogP contribution in [-0.4, -0.2) is 25.9 Å². The first-order valence-corrected chi connectivity index (χ1v) is 5.49. The number of aromatic amines is 1. The molecule has 0 bridgehead atoms. The summed E-state index contributed by atoms with van der Waals surface area (Å²) in [6.07, 6.45) is 1.45. The molecule has 2 rings (SSSR count). The number of hydrogen-bond acceptors (Lipinski definition) is 6. The summed E-state index contributed by atoms with van der Waals surface area (Å²) in [5.74, 6) is 0.197. The van der Waals surface area contributed by atoms with E-state index in [-0.39, 0.29) is 11.4 Å². The first-order valence-electron chi connectivity index (χ1n) is 5.11. The van der Waals surface area contributed by atoms with Crippen LogP contribution in [0, 0.1) is 11.3 Å². The molecule has 0 radical (unpaired) electrons. The van der Waals surface area contributed by atoms with Gasteiger partial charge in [-0.25, -0.2) is 0 Å². The summed E-state index contributed by atoms with van der Waals surface area (Å²) < 4.78 is 0. The van der Waals surface area contributed by atoms with Gasteiger partial charge in [-0.05, 0) is 41.1 Å². The van der Waals surface area contributed by atoms with E-state index in [1.165, 1.54) is 6.20 Å². The molecule has 1 aromatic heterocycles. The molecule has 0 spiro atoms. The topological polar surface area (TPSA) is 107 Å². The largest absolute Gasteiger partial charge is 0.360 e. The van der Waals surface area contributed by atoms with Gasteiger partial charge in [0.2, 0.25) is 5.82 Å². The van der Waals surface area contributed by atoms with Gasteiger partial charge in [0.25, 0.3) is 5.24 Å². The number of H-pyrrole nitrogens is 1. The molecule has 19 heavy (non-hydrogen) atoms. The third-order valence-corrected chi connectivity index (χ3v) is 2.42. The average molecular weight is 275 g/mol. The number of nitrogens with one attached hydrogen (secondary N) is 2. The molecule has 0 saturated carbocycles. The van der Waals surface area contributed by atoms with Gasteiger partial charge in [0.05, 0.1) is 0 Å². The van der Waals surface area contributed by atoms with Crippen molar-refractivity contribution in [3.63, 3.8) is 0 Å². The Morgan fingerprint density at radius 2 is 2.16 bits per heavy atom. The molecule has 0 aliphatic carbocycles. The molecular weight excluding hydrogens is 268 g/mol. The Morgan fingerprint density at radius 3 is 2.68 bits per heavy atom. The average Bonchev–Trinajstić information content (AvgIpc) is 2.94. The minimum Gasteiger partial charge on any atom is -0.360 e. The molecule has 0 atom stereocenters. The van der Waals surface area contributed by atoms with E-state index in [1.54, 1.807) is 24.3 Å². The summed E-state index contributed by atoms with van der Waals surface area (Å²) >= 11 is 5.33. The Labute approximate surface area is 112 Å². The number of tetrazole rings is 1. The Balaban J connectivity index is 2.13. The van der Waals surface area contributed by atoms with E-state index < -0.39 is 5.24 Å². The summed E-state index contributed by atoms with van der Waals surface area (Å²) in [6.45, 7) is 0. The van der Waals surface area contributed by atoms with E-state index in [9.17, 15) is 4.79 Å². The molecule has 2 N–H and O–H groups in total. The van der Waals surface area contributed by atoms with Crippen LogP contribution in [-0.2, 0) is 0 Å². The lowest BCUT2D eigenvalue weighted by atomic mass is 10.2. The molecule has 0 saturated heterocycles. The van der Waals surface area contributed by atoms with Crippen LogP contribution >= 0.6 is 11.6 Å². The first kappa shape index (κ1) is 12.7. The van der Waals surface area contributed by atoms with Crippen LogP contribution in [0.15, 0.2) is 30.5 Å². The number of nitriles is 1. The Bertz CT molecular complexity index is 641. The lowest BCUT2D eigenvalue weighted by Crippen LogP contribution is -1.94. The van der Waals surface area contributed by atoms with E-state index in [4.69, 9.17) is 16.9 Å². The highest BCUT2D eigenvalue weighted by molar-refractivity contribution is 6.67. The maximum absolute atomic E-state index is 10.9. The lowest BCUT2D eigenvalue weighted by Gasteiger charge is -2.01. The molecule has 0 unspecified atom stereocenters. The molecule has 94 valence electrons. The number of nitrogens with zero attached hydrogens (tertiary/aromatic N) is 4. The van der Waals surface area contributed by atoms with Crippen molar-refractivity contribution in [2.24, 2.45) is 0 Å². The van der Waals surface area contributed by atoms with Crippen molar-refractivity contribution < 1.29 is 4.79 Å². The maximum Gasteiger partial charge on any atom is 0.252 e. The molecule has 0 fully saturated rings. The summed E-state index contributed by atoms with van der Waals surface area (Å²) in [6, 6.07) is 8.42. The number of benzene rings is 1. The molecule has 7 nitrogen and oxygen atoms in total. The van der Waals surface area contributed by atoms with Crippen molar-refractivity contribution >= 4 is 28.1 Å². The SMILES string of the molecule is N#CC(=CNc1ccc(C(=O)Cl)cc1)c1nn[nH]n1. The van der Waals surface area contributed by atoms with Gasteiger partial charge in [0.15, 0.2) is 0 Å². The van der Waals surface area contributed by atoms with Gasteiger partial charge in [-0.3, -0.25) is 4.79 Å². The fourth-order valence-electron chi connectivity index (χ4n) is 1.28. The van der Waals surface area contributed by atoms with Crippen LogP contribution in [0.4, 0.5) is 5.69 Å². The van der Waals surface area contributed by atoms with Gasteiger partial charge in [-0.15, -0.1) is 10.2 Å². The quantitative estimate of drug-likeness (QED) is 0.647. The van der Waals surface area contributed by atoms with Crippen molar-refractivity contribution in [2.75, 3.05) is 5.32 Å². The highest BCUT2D eigenvalue weighted by Crippen LogP contribution is 2.13. The van der Waals surface area contributed by atoms with Crippen LogP contribution in [0.25, 0.3) is 5.57 Å². The number of carbonyl (C=O) groups is 1. The molecule has 0 aliphatic heterocycles. The zero-order valence-corrected chi connectivity index (χ0v) is 10.2. The highest BCUT2D eigenvalue weighted by atomic mass is 35.5. The molecule has 1 aromatic carbocycles. The van der Waals surface area contributed by atoms with Crippen molar-refractivity contribution in [3.8, 4) is 6.07 Å². The fourth-order valence-corrected chi connectivity index (χ4v) is 1.40. The Morgan fingerprint density at radius 1 is 1.42 bits per heavy atom. The zero-order valence-electron chi connectivity index (χ0n) is 9.46. The van der Waals surface area contributed by atoms with Gasteiger partial charge >= 0.3 is 0 Å². The third-order valence-electron chi connectivity index (χ3n) is 2.20. The van der Waals surface area contributed by atoms with Gasteiger partial charge in [-0.2, -0.15) is 10.5 Å². The predicted molar refractivity (Wildman–Crippen MR) is 68.0 cm³/mol. The summed E-state index contributed by atoms with van der Waals surface area (Å²) in [4.78, 5) is 10.9. The fraction of sp³-hybridized carbons (Fsp3) is 0. The van der Waals surface area contributed by atoms with Gasteiger partial charge in [-0.1, -0.05) is 0 Å². The van der Waals surface area contributed by atoms with E-state index >= 15 is 0 Å². The third kappa shape index (κ3) is 3.14. The molecule has 0 amide bonds. The molecule has 8 heteroatoms. The Kier molecular flexibility index (Phi) is 3.85. The minimum absolute atomic E-state index is 0.197. The van der Waals surface area contributed by atoms with Crippen molar-refractivity contribution in [1.29, 1.82) is 5.26 Å². The van der Waals surface area contributed by atoms with Crippen molar-refractivity contribution in [1.82, 2.24) is 20.6 Å². The van der Waals surface area contributed by atoms with Crippen LogP contribution < -0.4 is 5.32 Å². The van der Waals surface area contributed by atoms with Crippen molar-refractivity contribution in [3.05, 3.63) is 41.9 Å². The van der Waals surface area contributed by atoms with Crippen LogP contribution in [0.1, 0.15) is 16.2 Å². The summed E-state index contributed by atoms with van der Waals surface area (Å²) in [5, 5.41) is 24.3. The van der Waals surface area contributed by atoms with Gasteiger partial charge in [0, 0.05) is 17.5 Å². The normalized spacial score (nSPS) is 10.8. The van der Waals surface area contributed by atoms with Crippen LogP contribution in [0.5, 0.6) is 0 Å². The van der Waals surface area contributed by atoms with Gasteiger partial charge in [0.1, 0.15) is 11.6 Å². The predicted octanol–water partition coefficient (Wildman–Crippen LogP) is 1.56. The first-order chi connectivity index (χ1) is 9.20. The van der Waals surface area contributed by atoms with Crippen LogP contribution in [0.3, 0.4) is 0 Å². The monoisotopic (exact) mass is 274 g/mol. The number of aromatic nitrogens is 4. The molecular formula is C11H7ClN6O. The lowest BCUT2D eigenvalue weighted by molar-refractivity contribution is 0.108. The second-order valence-electron chi connectivity index (χ2n) is 3.40. The number of halogens is 1. The molecule has 1 heterocycles. The van der Waals surface area contributed by atoms with Gasteiger partial charge < -0.3 is 5.32 Å². The minimum atomic E-state index is -0.522. The number of anilines is 1. The standard InChI is InChI=1S/C11H7ClN6O/c12-10(19)7-1-3-9(4-2-7)14-6-8(5-13)11-15-17-18-16-11/h1-4,6,14H,(H,15,16,17,18). The Hall–Kier alpha value is -2.72. The van der Waals surface area contributed by atoms with E-state index in [0.29, 0.717) is 11.3 Å². The van der Waals surface area contributed by atoms with E-state index in [2.05, 4.69) is 25.9 Å². The number of hydrogen-bond donors (Lipinski definition) is 2. The number of allylic oxidation sites excluding steroid dienone is 1. The second kappa shape index (κ2) is 5.75. The second-order valence-corrected chi connectivity index (χ2v) is 3.74. The zero-order chi connectivity index (χ0) is 13.7. The number of carbonyl (C=O) groups excluding carboxylic acids is 1. The highest BCUT2D eigenvalue weighted by Gasteiger charge is 2.05.